The zero-order chi connectivity index (χ0) is 22.3. The number of carbonyl (C=O) groups is 2. The summed E-state index contributed by atoms with van der Waals surface area (Å²) in [5, 5.41) is 19.8. The topological polar surface area (TPSA) is 117 Å². The summed E-state index contributed by atoms with van der Waals surface area (Å²) < 4.78 is 0. The molecular weight excluding hydrogens is 406 g/mol. The molecule has 0 bridgehead atoms. The van der Waals surface area contributed by atoms with Gasteiger partial charge in [0.1, 0.15) is 11.7 Å². The monoisotopic (exact) mass is 431 g/mol. The van der Waals surface area contributed by atoms with Crippen LogP contribution in [0.5, 0.6) is 0 Å². The molecule has 10 heteroatoms. The quantitative estimate of drug-likeness (QED) is 0.359. The Kier molecular flexibility index (Phi) is 8.05. The van der Waals surface area contributed by atoms with E-state index < -0.39 is 16.9 Å². The summed E-state index contributed by atoms with van der Waals surface area (Å²) in [4.78, 5) is 38.1. The van der Waals surface area contributed by atoms with E-state index in [1.807, 2.05) is 31.4 Å². The Morgan fingerprint density at radius 1 is 1.30 bits per heavy atom. The molecule has 1 aromatic carbocycles. The molecule has 1 aromatic heterocycles. The van der Waals surface area contributed by atoms with Crippen LogP contribution < -0.4 is 15.6 Å². The van der Waals surface area contributed by atoms with Crippen molar-refractivity contribution in [1.29, 1.82) is 0 Å². The lowest BCUT2D eigenvalue weighted by atomic mass is 10.0. The Hall–Kier alpha value is -3.27. The summed E-state index contributed by atoms with van der Waals surface area (Å²) in [6, 6.07) is 7.64. The van der Waals surface area contributed by atoms with Gasteiger partial charge in [0.25, 0.3) is 11.6 Å². The number of hydrogen-bond acceptors (Lipinski definition) is 7. The number of hydrazone groups is 1. The van der Waals surface area contributed by atoms with Crippen molar-refractivity contribution in [2.24, 2.45) is 11.0 Å². The van der Waals surface area contributed by atoms with Crippen molar-refractivity contribution in [2.75, 3.05) is 19.0 Å². The highest BCUT2D eigenvalue weighted by Gasteiger charge is 2.24. The van der Waals surface area contributed by atoms with Crippen LogP contribution in [0.25, 0.3) is 0 Å². The van der Waals surface area contributed by atoms with Crippen LogP contribution in [0.1, 0.15) is 24.3 Å². The van der Waals surface area contributed by atoms with E-state index in [9.17, 15) is 19.7 Å². The molecule has 0 saturated heterocycles. The summed E-state index contributed by atoms with van der Waals surface area (Å²) >= 11 is 1.48. The number of benzene rings is 1. The summed E-state index contributed by atoms with van der Waals surface area (Å²) in [5.41, 5.74) is 3.28. The summed E-state index contributed by atoms with van der Waals surface area (Å²) in [6.07, 6.45) is 1.54. The number of nitrogens with one attached hydrogen (secondary N) is 2. The van der Waals surface area contributed by atoms with E-state index >= 15 is 0 Å². The van der Waals surface area contributed by atoms with Gasteiger partial charge in [-0.25, -0.2) is 5.43 Å². The Labute approximate surface area is 178 Å². The van der Waals surface area contributed by atoms with E-state index in [1.165, 1.54) is 23.6 Å². The maximum Gasteiger partial charge on any atom is 0.293 e. The first kappa shape index (κ1) is 23.0. The Morgan fingerprint density at radius 2 is 2.03 bits per heavy atom. The van der Waals surface area contributed by atoms with Gasteiger partial charge in [-0.3, -0.25) is 19.7 Å². The summed E-state index contributed by atoms with van der Waals surface area (Å²) in [6.45, 7) is 3.64. The lowest BCUT2D eigenvalue weighted by molar-refractivity contribution is -0.384. The molecular formula is C20H25N5O4S. The summed E-state index contributed by atoms with van der Waals surface area (Å²) in [5.74, 6) is -0.849. The first-order valence-corrected chi connectivity index (χ1v) is 10.2. The second-order valence-electron chi connectivity index (χ2n) is 7.18. The largest absolute Gasteiger partial charge is 0.372 e. The van der Waals surface area contributed by atoms with E-state index in [0.29, 0.717) is 11.3 Å². The number of rotatable bonds is 9. The van der Waals surface area contributed by atoms with Crippen LogP contribution >= 0.6 is 11.3 Å². The molecule has 0 radical (unpaired) electrons. The average molecular weight is 432 g/mol. The first-order valence-electron chi connectivity index (χ1n) is 9.29. The van der Waals surface area contributed by atoms with Gasteiger partial charge in [-0.15, -0.1) is 11.3 Å². The predicted octanol–water partition coefficient (Wildman–Crippen LogP) is 2.56. The van der Waals surface area contributed by atoms with Crippen LogP contribution in [-0.4, -0.2) is 43.1 Å². The Bertz CT molecular complexity index is 925. The molecule has 2 aromatic rings. The molecule has 0 spiro atoms. The molecule has 0 unspecified atom stereocenters. The minimum Gasteiger partial charge on any atom is -0.372 e. The lowest BCUT2D eigenvalue weighted by Gasteiger charge is -2.20. The standard InChI is InChI=1S/C20H25N5O4S/c1-13(2)19(22-18(26)11-15-6-5-9-30-15)20(27)23-21-12-14-7-8-16(24(3)4)17(10-14)25(28)29/h5-10,12-13,19H,11H2,1-4H3,(H,22,26)(H,23,27)/b21-12+/t19-/m1/s1. The first-order chi connectivity index (χ1) is 14.2. The molecule has 0 aliphatic carbocycles. The minimum atomic E-state index is -0.750. The van der Waals surface area contributed by atoms with Gasteiger partial charge in [-0.1, -0.05) is 26.0 Å². The van der Waals surface area contributed by atoms with Crippen LogP contribution in [-0.2, 0) is 16.0 Å². The van der Waals surface area contributed by atoms with Crippen LogP contribution in [0.3, 0.4) is 0 Å². The number of anilines is 1. The van der Waals surface area contributed by atoms with Gasteiger partial charge in [-0.2, -0.15) is 5.10 Å². The van der Waals surface area contributed by atoms with E-state index in [1.54, 1.807) is 31.1 Å². The molecule has 2 N–H and O–H groups in total. The van der Waals surface area contributed by atoms with Crippen molar-refractivity contribution in [3.05, 3.63) is 56.3 Å². The van der Waals surface area contributed by atoms with Gasteiger partial charge in [-0.05, 0) is 23.4 Å². The fourth-order valence-electron chi connectivity index (χ4n) is 2.72. The average Bonchev–Trinajstić information content (AvgIpc) is 3.18. The number of carbonyl (C=O) groups excluding carboxylic acids is 2. The number of thiophene rings is 1. The highest BCUT2D eigenvalue weighted by Crippen LogP contribution is 2.27. The van der Waals surface area contributed by atoms with Crippen LogP contribution in [0.2, 0.25) is 0 Å². The maximum atomic E-state index is 12.5. The third kappa shape index (κ3) is 6.38. The summed E-state index contributed by atoms with van der Waals surface area (Å²) in [7, 11) is 3.43. The Morgan fingerprint density at radius 3 is 2.60 bits per heavy atom. The van der Waals surface area contributed by atoms with Crippen LogP contribution in [0, 0.1) is 16.0 Å². The minimum absolute atomic E-state index is 0.0591. The van der Waals surface area contributed by atoms with Crippen molar-refractivity contribution in [2.45, 2.75) is 26.3 Å². The molecule has 1 heterocycles. The number of nitro groups is 1. The number of amides is 2. The van der Waals surface area contributed by atoms with Crippen molar-refractivity contribution < 1.29 is 14.5 Å². The highest BCUT2D eigenvalue weighted by atomic mass is 32.1. The van der Waals surface area contributed by atoms with Gasteiger partial charge in [0.2, 0.25) is 5.91 Å². The van der Waals surface area contributed by atoms with E-state index in [0.717, 1.165) is 4.88 Å². The third-order valence-corrected chi connectivity index (χ3v) is 5.12. The fourth-order valence-corrected chi connectivity index (χ4v) is 3.42. The van der Waals surface area contributed by atoms with Crippen molar-refractivity contribution >= 4 is 40.7 Å². The molecule has 0 saturated carbocycles. The number of nitro benzene ring substituents is 1. The maximum absolute atomic E-state index is 12.5. The molecule has 2 amide bonds. The van der Waals surface area contributed by atoms with E-state index in [2.05, 4.69) is 15.8 Å². The fraction of sp³-hybridized carbons (Fsp3) is 0.350. The van der Waals surface area contributed by atoms with Crippen molar-refractivity contribution in [3.63, 3.8) is 0 Å². The van der Waals surface area contributed by atoms with Gasteiger partial charge in [0, 0.05) is 30.6 Å². The third-order valence-electron chi connectivity index (χ3n) is 4.25. The molecule has 9 nitrogen and oxygen atoms in total. The lowest BCUT2D eigenvalue weighted by Crippen LogP contribution is -2.49. The zero-order valence-electron chi connectivity index (χ0n) is 17.3. The van der Waals surface area contributed by atoms with E-state index in [-0.39, 0.29) is 23.9 Å². The molecule has 0 aliphatic heterocycles. The smallest absolute Gasteiger partial charge is 0.293 e. The van der Waals surface area contributed by atoms with Gasteiger partial charge >= 0.3 is 0 Å². The highest BCUT2D eigenvalue weighted by molar-refractivity contribution is 7.10. The molecule has 0 aliphatic rings. The van der Waals surface area contributed by atoms with Crippen LogP contribution in [0.4, 0.5) is 11.4 Å². The van der Waals surface area contributed by atoms with Gasteiger partial charge < -0.3 is 10.2 Å². The predicted molar refractivity (Wildman–Crippen MR) is 118 cm³/mol. The van der Waals surface area contributed by atoms with Gasteiger partial charge in [0.05, 0.1) is 17.6 Å². The van der Waals surface area contributed by atoms with Gasteiger partial charge in [0.15, 0.2) is 0 Å². The SMILES string of the molecule is CC(C)[C@@H](NC(=O)Cc1cccs1)C(=O)N/N=C/c1ccc(N(C)C)c([N+](=O)[O-])c1. The molecule has 1 atom stereocenters. The normalized spacial score (nSPS) is 12.0. The van der Waals surface area contributed by atoms with Crippen molar-refractivity contribution in [1.82, 2.24) is 10.7 Å². The van der Waals surface area contributed by atoms with E-state index in [4.69, 9.17) is 0 Å². The number of hydrogen-bond donors (Lipinski definition) is 2. The second kappa shape index (κ2) is 10.5. The second-order valence-corrected chi connectivity index (χ2v) is 8.21. The molecule has 30 heavy (non-hydrogen) atoms. The Balaban J connectivity index is 2.02. The van der Waals surface area contributed by atoms with Crippen molar-refractivity contribution in [3.8, 4) is 0 Å². The van der Waals surface area contributed by atoms with Crippen LogP contribution in [0.15, 0.2) is 40.8 Å². The molecule has 0 fully saturated rings. The number of nitrogens with zero attached hydrogens (tertiary/aromatic N) is 3. The molecule has 2 rings (SSSR count). The molecule has 160 valence electrons. The zero-order valence-corrected chi connectivity index (χ0v) is 18.1.